The molecule has 43 nitrogen and oxygen atoms in total. The van der Waals surface area contributed by atoms with Crippen molar-refractivity contribution in [1.29, 1.82) is 0 Å². The third-order valence-electron chi connectivity index (χ3n) is 20.6. The zero-order valence-electron chi connectivity index (χ0n) is 67.0. The van der Waals surface area contributed by atoms with Crippen LogP contribution in [0.3, 0.4) is 0 Å². The number of Topliss-reactive ketones (excluding diaryl/α,β-unsaturated/α-hetero) is 3. The topological polar surface area (TPSA) is 771 Å². The highest BCUT2D eigenvalue weighted by atomic mass is 32.2. The van der Waals surface area contributed by atoms with Crippen molar-refractivity contribution in [2.24, 2.45) is 117 Å². The van der Waals surface area contributed by atoms with Crippen LogP contribution in [0.5, 0.6) is 17.2 Å². The molecule has 44 heteroatoms. The number of aliphatic imine (C=N–C) groups is 5. The Balaban J connectivity index is 1.11. The Bertz CT molecular complexity index is 4190. The number of carbonyl (C=O) groups excluding carboxylic acids is 12. The number of thioether (sulfide) groups is 1. The third kappa shape index (κ3) is 28.2. The van der Waals surface area contributed by atoms with Crippen LogP contribution in [0.25, 0.3) is 0 Å². The van der Waals surface area contributed by atoms with Gasteiger partial charge in [-0.3, -0.25) is 87.4 Å². The molecule has 0 aromatic heterocycles. The Morgan fingerprint density at radius 1 is 0.647 bits per heavy atom. The molecular weight excluding hydrogens is 1580 g/mol. The van der Waals surface area contributed by atoms with Crippen molar-refractivity contribution in [2.45, 2.75) is 208 Å². The van der Waals surface area contributed by atoms with Crippen molar-refractivity contribution in [2.75, 3.05) is 58.7 Å². The number of methoxy groups -OCH3 is 1. The lowest BCUT2D eigenvalue weighted by molar-refractivity contribution is -0.245. The first-order valence-corrected chi connectivity index (χ1v) is 40.1. The molecule has 0 spiro atoms. The number of ketones is 5. The second-order valence-corrected chi connectivity index (χ2v) is 30.9. The van der Waals surface area contributed by atoms with Gasteiger partial charge in [0.1, 0.15) is 22.8 Å². The lowest BCUT2D eigenvalue weighted by Gasteiger charge is -2.43. The molecule has 2 aromatic carbocycles. The number of nitrogens with one attached hydrogen (secondary N) is 4. The number of rotatable bonds is 50. The van der Waals surface area contributed by atoms with E-state index >= 15 is 0 Å². The van der Waals surface area contributed by atoms with Crippen LogP contribution >= 0.6 is 11.8 Å². The number of unbranched alkanes of at least 4 members (excludes halogenated alkanes) is 2. The average Bonchev–Trinajstić information content (AvgIpc) is 0.925. The molecule has 7 amide bonds. The lowest BCUT2D eigenvalue weighted by Crippen LogP contribution is -2.53. The predicted molar refractivity (Wildman–Crippen MR) is 438 cm³/mol. The molecule has 0 bridgehead atoms. The number of hydrazone groups is 1. The van der Waals surface area contributed by atoms with Crippen LogP contribution in [-0.4, -0.2) is 248 Å². The Morgan fingerprint density at radius 2 is 1.13 bits per heavy atom. The van der Waals surface area contributed by atoms with Gasteiger partial charge in [-0.05, 0) is 90.0 Å². The number of carbonyl (C=O) groups is 12. The van der Waals surface area contributed by atoms with Crippen LogP contribution in [0.15, 0.2) is 48.3 Å². The number of amides is 7. The number of aromatic hydroxyl groups is 2. The van der Waals surface area contributed by atoms with Gasteiger partial charge in [-0.1, -0.05) is 18.6 Å². The fourth-order valence-electron chi connectivity index (χ4n) is 14.5. The van der Waals surface area contributed by atoms with Crippen molar-refractivity contribution in [3.05, 3.63) is 51.6 Å². The Labute approximate surface area is 690 Å². The fraction of sp³-hybridized carbons (Fsp3) is 0.600. The average molecular weight is 1690 g/mol. The van der Waals surface area contributed by atoms with E-state index in [0.29, 0.717) is 0 Å². The number of nitrogens with zero attached hydrogens (tertiary/aromatic N) is 7. The monoisotopic (exact) mass is 1690 g/mol. The molecule has 656 valence electrons. The maximum atomic E-state index is 14.8. The number of primary amides is 1. The van der Waals surface area contributed by atoms with Crippen molar-refractivity contribution in [1.82, 2.24) is 26.3 Å². The van der Waals surface area contributed by atoms with Gasteiger partial charge in [0.2, 0.25) is 47.1 Å². The number of fused-ring (bicyclic) bond motifs is 3. The van der Waals surface area contributed by atoms with Crippen LogP contribution < -0.4 is 94.9 Å². The largest absolute Gasteiger partial charge is 0.507 e. The van der Waals surface area contributed by atoms with Crippen molar-refractivity contribution >= 4 is 118 Å². The molecule has 2 saturated heterocycles. The number of likely N-dealkylation sites (tertiary alicyclic amines) is 1. The van der Waals surface area contributed by atoms with Gasteiger partial charge in [0.25, 0.3) is 0 Å². The molecule has 119 heavy (non-hydrogen) atoms. The van der Waals surface area contributed by atoms with Crippen LogP contribution in [0.4, 0.5) is 0 Å². The molecule has 2 aliphatic heterocycles. The Kier molecular flexibility index (Phi) is 37.6. The van der Waals surface area contributed by atoms with E-state index in [4.69, 9.17) is 83.0 Å². The molecular formula is C75H115N23O20S. The number of ether oxygens (including phenoxy) is 3. The molecule has 6 rings (SSSR count). The van der Waals surface area contributed by atoms with Gasteiger partial charge in [-0.25, -0.2) is 5.43 Å². The molecule has 2 unspecified atom stereocenters. The standard InChI is InChI=1S/C75H115N23O20S/c1-36-61(106)43(76)30-56(117-36)118-51-33-75(115,32-42-58(51)65(110)60-59(63(42)108)62(107)41-15-7-19-50(116-3)57(41)64(60)109)53(34-99)96-97-54(104)20-5-4-6-26-98-55(105)31-52(69(98)114)119-35-40(66(77)111)29-49(103)46(18-12-25-92-74(86)87)95-68(113)39(14-9-22-89-71(80)81)28-48(102)45(17-11-24-91-73(84)85)94-67(112)38(13-8-21-88-70(78)79)27-47(101)44(93-37(2)100)16-10-23-90-72(82)83/h7,15,19,36,38-40,43-46,51-52,56,61,99,106,108,110,115H,4-6,8-14,16-18,20-35,76H2,1-3H3,(H2,77,111)(H,93,100)(H,94,112)(H,95,113)(H,97,104)(H4,78,79,88)(H4,80,81,89)(H4,82,83,90)(H4,84,85,91)(H4,86,87,92)/b96-53+/t36-,38-,39-,40+,43-,44+,45+,46+,51-,52?,56?,61+,75-/m0/s1. The van der Waals surface area contributed by atoms with Crippen molar-refractivity contribution in [3.63, 3.8) is 0 Å². The first-order valence-electron chi connectivity index (χ1n) is 39.1. The summed E-state index contributed by atoms with van der Waals surface area (Å²) in [5.41, 5.74) is 65.4. The van der Waals surface area contributed by atoms with E-state index < -0.39 is 215 Å². The zero-order chi connectivity index (χ0) is 88.1. The van der Waals surface area contributed by atoms with Crippen LogP contribution in [0.2, 0.25) is 0 Å². The molecule has 0 radical (unpaired) electrons. The van der Waals surface area contributed by atoms with E-state index in [0.717, 1.165) is 16.7 Å². The van der Waals surface area contributed by atoms with E-state index in [1.807, 2.05) is 0 Å². The quantitative estimate of drug-likeness (QED) is 0.00630. The second-order valence-electron chi connectivity index (χ2n) is 29.7. The summed E-state index contributed by atoms with van der Waals surface area (Å²) in [6.45, 7) is 1.87. The van der Waals surface area contributed by atoms with E-state index in [2.05, 4.69) is 51.4 Å². The number of phenolic OH excluding ortho intramolecular Hbond substituents is 2. The van der Waals surface area contributed by atoms with Gasteiger partial charge in [-0.15, -0.1) is 11.8 Å². The molecule has 2 fully saturated rings. The van der Waals surface area contributed by atoms with Gasteiger partial charge < -0.3 is 124 Å². The number of benzene rings is 2. The predicted octanol–water partition coefficient (Wildman–Crippen LogP) is -4.72. The van der Waals surface area contributed by atoms with Crippen molar-refractivity contribution in [3.8, 4) is 17.2 Å². The molecule has 4 aliphatic rings. The number of aliphatic hydroxyl groups excluding tert-OH is 2. The fourth-order valence-corrected chi connectivity index (χ4v) is 15.8. The SMILES string of the molecule is COc1cccc2c1C(=O)c1c(O)c3c(c(O)c1C2=O)C[C@@](O)(/C(CO)=N/NC(=O)CCCCCN1C(=O)CC(SC[C@@H](CC(=O)[C@@H](CCCN=C(N)N)NC(=O)[C@@H](CCCN=C(N)N)CC(=O)[C@@H](CCCN=C(N)N)NC(=O)[C@@H](CCCN=C(N)N)CC(=O)[C@@H](CCCN=C(N)N)NC(C)=O)C(N)=O)C1=O)C[C@@H]3OC1C[C@H](N)[C@H](O)[C@H](C)O1. The van der Waals surface area contributed by atoms with Gasteiger partial charge in [0.15, 0.2) is 59.2 Å². The van der Waals surface area contributed by atoms with Crippen LogP contribution in [0.1, 0.15) is 191 Å². The summed E-state index contributed by atoms with van der Waals surface area (Å²) in [6.07, 6.45) is -6.65. The molecule has 33 N–H and O–H groups in total. The Hall–Kier alpha value is -11.2. The van der Waals surface area contributed by atoms with Crippen LogP contribution in [-0.2, 0) is 63.8 Å². The minimum atomic E-state index is -2.30. The highest BCUT2D eigenvalue weighted by molar-refractivity contribution is 8.00. The highest BCUT2D eigenvalue weighted by Crippen LogP contribution is 2.53. The lowest BCUT2D eigenvalue weighted by atomic mass is 9.71. The maximum Gasteiger partial charge on any atom is 0.242 e. The molecule has 2 aromatic rings. The second kappa shape index (κ2) is 46.2. The smallest absolute Gasteiger partial charge is 0.242 e. The van der Waals surface area contributed by atoms with E-state index in [1.54, 1.807) is 0 Å². The summed E-state index contributed by atoms with van der Waals surface area (Å²) in [6, 6.07) is -0.387. The summed E-state index contributed by atoms with van der Waals surface area (Å²) < 4.78 is 17.6. The van der Waals surface area contributed by atoms with E-state index in [-0.39, 0.29) is 206 Å². The van der Waals surface area contributed by atoms with Gasteiger partial charge in [0.05, 0.1) is 83.7 Å². The highest BCUT2D eigenvalue weighted by Gasteiger charge is 2.50. The summed E-state index contributed by atoms with van der Waals surface area (Å²) in [4.78, 5) is 188. The molecule has 0 saturated carbocycles. The zero-order valence-corrected chi connectivity index (χ0v) is 67.8. The summed E-state index contributed by atoms with van der Waals surface area (Å²) >= 11 is 0.914. The van der Waals surface area contributed by atoms with Gasteiger partial charge in [0, 0.05) is 138 Å². The summed E-state index contributed by atoms with van der Waals surface area (Å²) in [5.74, 6) is -15.1. The number of imide groups is 1. The van der Waals surface area contributed by atoms with Gasteiger partial charge >= 0.3 is 0 Å². The van der Waals surface area contributed by atoms with Gasteiger partial charge in [-0.2, -0.15) is 5.10 Å². The minimum Gasteiger partial charge on any atom is -0.507 e. The number of guanidine groups is 5. The number of hydrogen-bond acceptors (Lipinski definition) is 28. The number of hydrogen-bond donors (Lipinski definition) is 21. The van der Waals surface area contributed by atoms with Crippen LogP contribution in [0, 0.1) is 17.8 Å². The molecule has 2 heterocycles. The van der Waals surface area contributed by atoms with Crippen molar-refractivity contribution < 1.29 is 97.3 Å². The number of phenols is 2. The minimum absolute atomic E-state index is 0.00430. The maximum absolute atomic E-state index is 14.8. The Morgan fingerprint density at radius 3 is 1.61 bits per heavy atom. The molecule has 2 aliphatic carbocycles. The first kappa shape index (κ1) is 96.6. The number of nitrogens with two attached hydrogens (primary N) is 12. The summed E-state index contributed by atoms with van der Waals surface area (Å²) in [5, 5.41) is 69.1. The third-order valence-corrected chi connectivity index (χ3v) is 22.0. The summed E-state index contributed by atoms with van der Waals surface area (Å²) in [7, 11) is 1.28. The normalized spacial score (nSPS) is 20.3. The van der Waals surface area contributed by atoms with E-state index in [1.165, 1.54) is 39.2 Å². The first-order chi connectivity index (χ1) is 56.3. The van der Waals surface area contributed by atoms with E-state index in [9.17, 15) is 83.1 Å². The number of aliphatic hydroxyl groups is 3. The molecule has 13 atom stereocenters.